The highest BCUT2D eigenvalue weighted by Gasteiger charge is 2.15. The van der Waals surface area contributed by atoms with Crippen LogP contribution in [0.5, 0.6) is 0 Å². The second-order valence-electron chi connectivity index (χ2n) is 7.25. The molecular weight excluding hydrogens is 494 g/mol. The van der Waals surface area contributed by atoms with E-state index < -0.39 is 0 Å². The maximum absolute atomic E-state index is 12.9. The molecule has 33 heavy (non-hydrogen) atoms. The van der Waals surface area contributed by atoms with Crippen LogP contribution >= 0.6 is 47.0 Å². The lowest BCUT2D eigenvalue weighted by atomic mass is 10.2. The molecule has 1 amide bonds. The van der Waals surface area contributed by atoms with Crippen molar-refractivity contribution in [3.05, 3.63) is 76.9 Å². The molecule has 2 aromatic carbocycles. The van der Waals surface area contributed by atoms with Crippen molar-refractivity contribution < 1.29 is 9.18 Å². The number of thiophene rings is 1. The van der Waals surface area contributed by atoms with Gasteiger partial charge in [-0.25, -0.2) is 8.70 Å². The molecule has 0 atom stereocenters. The van der Waals surface area contributed by atoms with Gasteiger partial charge in [-0.1, -0.05) is 35.9 Å². The minimum Gasteiger partial charge on any atom is -0.324 e. The molecule has 2 N–H and O–H groups in total. The Morgan fingerprint density at radius 3 is 2.39 bits per heavy atom. The number of halogens is 1. The average Bonchev–Trinajstić information content (AvgIpc) is 3.15. The van der Waals surface area contributed by atoms with Crippen LogP contribution in [0.3, 0.4) is 0 Å². The van der Waals surface area contributed by atoms with E-state index in [4.69, 9.17) is 0 Å². The van der Waals surface area contributed by atoms with Gasteiger partial charge < -0.3 is 5.32 Å². The minimum absolute atomic E-state index is 0.0913. The zero-order chi connectivity index (χ0) is 23.5. The maximum atomic E-state index is 12.9. The number of nitrogens with zero attached hydrogens (tertiary/aromatic N) is 1. The highest BCUT2D eigenvalue weighted by molar-refractivity contribution is 8.00. The van der Waals surface area contributed by atoms with E-state index in [1.165, 1.54) is 45.4 Å². The van der Waals surface area contributed by atoms with Crippen molar-refractivity contribution in [3.63, 3.8) is 0 Å². The predicted octanol–water partition coefficient (Wildman–Crippen LogP) is 6.48. The van der Waals surface area contributed by atoms with Crippen LogP contribution in [0.2, 0.25) is 0 Å². The molecule has 0 unspecified atom stereocenters. The summed E-state index contributed by atoms with van der Waals surface area (Å²) in [4.78, 5) is 14.1. The molecule has 0 spiro atoms. The van der Waals surface area contributed by atoms with Crippen LogP contribution in [-0.2, 0) is 4.79 Å². The van der Waals surface area contributed by atoms with Crippen molar-refractivity contribution in [2.75, 3.05) is 36.5 Å². The Hall–Kier alpha value is -1.49. The molecule has 176 valence electrons. The van der Waals surface area contributed by atoms with Crippen molar-refractivity contribution in [1.82, 2.24) is 9.03 Å². The molecule has 1 fully saturated rings. The third kappa shape index (κ3) is 9.72. The van der Waals surface area contributed by atoms with Gasteiger partial charge in [0.15, 0.2) is 0 Å². The summed E-state index contributed by atoms with van der Waals surface area (Å²) in [6.07, 6.45) is 0. The van der Waals surface area contributed by atoms with Gasteiger partial charge >= 0.3 is 0 Å². The average molecular weight is 522 g/mol. The monoisotopic (exact) mass is 521 g/mol. The van der Waals surface area contributed by atoms with Crippen LogP contribution in [-0.4, -0.2) is 41.4 Å². The number of hydrogen-bond donors (Lipinski definition) is 2. The van der Waals surface area contributed by atoms with Gasteiger partial charge in [-0.2, -0.15) is 11.8 Å². The number of carbonyl (C=O) groups is 1. The third-order valence-electron chi connectivity index (χ3n) is 4.54. The zero-order valence-corrected chi connectivity index (χ0v) is 21.9. The second-order valence-corrected chi connectivity index (χ2v) is 12.1. The summed E-state index contributed by atoms with van der Waals surface area (Å²) in [5.41, 5.74) is 2.20. The van der Waals surface area contributed by atoms with E-state index in [2.05, 4.69) is 39.5 Å². The van der Waals surface area contributed by atoms with Crippen LogP contribution in [0.4, 0.5) is 10.1 Å². The molecule has 0 bridgehead atoms. The zero-order valence-electron chi connectivity index (χ0n) is 18.7. The van der Waals surface area contributed by atoms with Crippen molar-refractivity contribution in [2.45, 2.75) is 23.0 Å². The Morgan fingerprint density at radius 1 is 1.06 bits per heavy atom. The van der Waals surface area contributed by atoms with Crippen LogP contribution in [0.25, 0.3) is 0 Å². The molecule has 9 heteroatoms. The quantitative estimate of drug-likeness (QED) is 0.347. The Labute approximate surface area is 212 Å². The SMILES string of the molecule is Cc1ccccc1.Cc1sc(SN2CCSCC2)cc1NC(=O)CNSc1ccc(F)cc1. The molecule has 4 rings (SSSR count). The molecule has 0 aliphatic carbocycles. The topological polar surface area (TPSA) is 44.4 Å². The van der Waals surface area contributed by atoms with Crippen molar-refractivity contribution in [1.29, 1.82) is 0 Å². The Bertz CT molecular complexity index is 993. The van der Waals surface area contributed by atoms with E-state index in [1.807, 2.05) is 36.9 Å². The molecule has 4 nitrogen and oxygen atoms in total. The molecule has 2 heterocycles. The van der Waals surface area contributed by atoms with Crippen molar-refractivity contribution in [2.24, 2.45) is 0 Å². The predicted molar refractivity (Wildman–Crippen MR) is 144 cm³/mol. The molecule has 1 aromatic heterocycles. The number of aryl methyl sites for hydroxylation is 2. The van der Waals surface area contributed by atoms with Crippen LogP contribution in [0.1, 0.15) is 10.4 Å². The summed E-state index contributed by atoms with van der Waals surface area (Å²) < 4.78 is 19.5. The first kappa shape index (κ1) is 26.1. The first-order chi connectivity index (χ1) is 16.0. The fraction of sp³-hybridized carbons (Fsp3) is 0.292. The highest BCUT2D eigenvalue weighted by atomic mass is 32.2. The van der Waals surface area contributed by atoms with E-state index in [0.717, 1.165) is 28.5 Å². The first-order valence-electron chi connectivity index (χ1n) is 10.6. The summed E-state index contributed by atoms with van der Waals surface area (Å²) in [7, 11) is 0. The van der Waals surface area contributed by atoms with Crippen LogP contribution in [0.15, 0.2) is 69.8 Å². The lowest BCUT2D eigenvalue weighted by molar-refractivity contribution is -0.115. The van der Waals surface area contributed by atoms with Crippen LogP contribution < -0.4 is 10.0 Å². The number of carbonyl (C=O) groups excluding carboxylic acids is 1. The number of hydrogen-bond acceptors (Lipinski definition) is 7. The van der Waals surface area contributed by atoms with Gasteiger partial charge in [-0.05, 0) is 68.1 Å². The van der Waals surface area contributed by atoms with E-state index in [0.29, 0.717) is 0 Å². The maximum Gasteiger partial charge on any atom is 0.239 e. The third-order valence-corrected chi connectivity index (χ3v) is 8.51. The van der Waals surface area contributed by atoms with Gasteiger partial charge in [0.2, 0.25) is 5.91 Å². The first-order valence-corrected chi connectivity index (χ1v) is 14.1. The molecule has 0 saturated carbocycles. The smallest absolute Gasteiger partial charge is 0.239 e. The summed E-state index contributed by atoms with van der Waals surface area (Å²) in [5, 5.41) is 2.96. The van der Waals surface area contributed by atoms with Gasteiger partial charge in [0.1, 0.15) is 5.82 Å². The fourth-order valence-corrected chi connectivity index (χ4v) is 6.91. The van der Waals surface area contributed by atoms with Gasteiger partial charge in [0.05, 0.1) is 16.4 Å². The van der Waals surface area contributed by atoms with Gasteiger partial charge in [-0.3, -0.25) is 9.52 Å². The fourth-order valence-electron chi connectivity index (χ4n) is 2.81. The molecule has 0 radical (unpaired) electrons. The van der Waals surface area contributed by atoms with Crippen molar-refractivity contribution in [3.8, 4) is 0 Å². The van der Waals surface area contributed by atoms with Crippen molar-refractivity contribution >= 4 is 58.6 Å². The van der Waals surface area contributed by atoms with E-state index in [-0.39, 0.29) is 18.3 Å². The van der Waals surface area contributed by atoms with Gasteiger partial charge in [-0.15, -0.1) is 11.3 Å². The van der Waals surface area contributed by atoms with E-state index >= 15 is 0 Å². The minimum atomic E-state index is -0.267. The number of rotatable bonds is 7. The van der Waals surface area contributed by atoms with Gasteiger partial charge in [0, 0.05) is 34.4 Å². The molecule has 3 aromatic rings. The Balaban J connectivity index is 0.000000374. The standard InChI is InChI=1S/C17H20FN3OS4.C7H8/c1-12-15(10-17(24-12)26-21-6-8-23-9-7-21)20-16(22)11-19-25-14-4-2-13(18)3-5-14;1-7-5-3-2-4-6-7/h2-5,10,19H,6-9,11H2,1H3,(H,20,22);2-6H,1H3. The molecule has 1 aliphatic heterocycles. The normalized spacial score (nSPS) is 13.8. The van der Waals surface area contributed by atoms with Gasteiger partial charge in [0.25, 0.3) is 0 Å². The molecule has 1 saturated heterocycles. The summed E-state index contributed by atoms with van der Waals surface area (Å²) in [6.45, 7) is 6.48. The van der Waals surface area contributed by atoms with E-state index in [1.54, 1.807) is 35.4 Å². The lowest BCUT2D eigenvalue weighted by Gasteiger charge is -2.23. The van der Waals surface area contributed by atoms with Crippen LogP contribution in [0, 0.1) is 19.7 Å². The molecular formula is C24H28FN3OS4. The highest BCUT2D eigenvalue weighted by Crippen LogP contribution is 2.36. The Kier molecular flexibility index (Phi) is 11.1. The summed E-state index contributed by atoms with van der Waals surface area (Å²) >= 11 is 6.80. The number of nitrogens with one attached hydrogen (secondary N) is 2. The molecule has 1 aliphatic rings. The summed E-state index contributed by atoms with van der Waals surface area (Å²) in [6, 6.07) is 18.5. The second kappa shape index (κ2) is 14.0. The number of thioether (sulfide) groups is 1. The number of anilines is 1. The number of benzene rings is 2. The Morgan fingerprint density at radius 2 is 1.76 bits per heavy atom. The summed E-state index contributed by atoms with van der Waals surface area (Å²) in [5.74, 6) is 2.00. The number of amides is 1. The largest absolute Gasteiger partial charge is 0.324 e. The lowest BCUT2D eigenvalue weighted by Crippen LogP contribution is -2.26. The van der Waals surface area contributed by atoms with E-state index in [9.17, 15) is 9.18 Å².